The Kier molecular flexibility index (Phi) is 6.17. The van der Waals surface area contributed by atoms with Gasteiger partial charge in [-0.3, -0.25) is 0 Å². The maximum atomic E-state index is 3.58. The molecule has 2 unspecified atom stereocenters. The Morgan fingerprint density at radius 2 is 1.81 bits per heavy atom. The fourth-order valence-corrected chi connectivity index (χ4v) is 2.06. The Morgan fingerprint density at radius 1 is 1.12 bits per heavy atom. The summed E-state index contributed by atoms with van der Waals surface area (Å²) in [5.41, 5.74) is 1.45. The summed E-state index contributed by atoms with van der Waals surface area (Å²) in [4.78, 5) is 0. The van der Waals surface area contributed by atoms with Gasteiger partial charge in [-0.05, 0) is 37.8 Å². The van der Waals surface area contributed by atoms with Gasteiger partial charge < -0.3 is 5.32 Å². The minimum atomic E-state index is 0.613. The molecule has 0 aromatic heterocycles. The first-order chi connectivity index (χ1) is 7.74. The van der Waals surface area contributed by atoms with Gasteiger partial charge in [0.25, 0.3) is 0 Å². The molecule has 90 valence electrons. The van der Waals surface area contributed by atoms with E-state index in [4.69, 9.17) is 0 Å². The number of hydrogen-bond acceptors (Lipinski definition) is 1. The Hall–Kier alpha value is -0.820. The number of hydrogen-bond donors (Lipinski definition) is 1. The van der Waals surface area contributed by atoms with Crippen LogP contribution in [0.3, 0.4) is 0 Å². The van der Waals surface area contributed by atoms with E-state index >= 15 is 0 Å². The van der Waals surface area contributed by atoms with Gasteiger partial charge >= 0.3 is 0 Å². The smallest absolute Gasteiger partial charge is 0.00444 e. The van der Waals surface area contributed by atoms with Gasteiger partial charge in [-0.15, -0.1) is 0 Å². The Bertz CT molecular complexity index is 268. The number of rotatable bonds is 7. The Labute approximate surface area is 100 Å². The van der Waals surface area contributed by atoms with Crippen molar-refractivity contribution in [3.05, 3.63) is 35.9 Å². The van der Waals surface area contributed by atoms with Crippen LogP contribution in [0, 0.1) is 0 Å². The number of nitrogens with one attached hydrogen (secondary N) is 1. The lowest BCUT2D eigenvalue weighted by Gasteiger charge is -2.18. The van der Waals surface area contributed by atoms with Gasteiger partial charge in [0.05, 0.1) is 0 Å². The van der Waals surface area contributed by atoms with E-state index in [1.807, 2.05) is 0 Å². The number of unbranched alkanes of at least 4 members (excludes halogenated alkanes) is 1. The highest BCUT2D eigenvalue weighted by Crippen LogP contribution is 2.19. The average Bonchev–Trinajstić information content (AvgIpc) is 2.30. The molecule has 0 radical (unpaired) electrons. The predicted octanol–water partition coefficient (Wildman–Crippen LogP) is 3.96. The zero-order chi connectivity index (χ0) is 11.8. The molecule has 0 bridgehead atoms. The molecule has 2 atom stereocenters. The monoisotopic (exact) mass is 219 g/mol. The van der Waals surface area contributed by atoms with Crippen molar-refractivity contribution in [1.29, 1.82) is 0 Å². The normalized spacial score (nSPS) is 14.7. The van der Waals surface area contributed by atoms with Crippen molar-refractivity contribution >= 4 is 0 Å². The van der Waals surface area contributed by atoms with E-state index in [2.05, 4.69) is 56.4 Å². The van der Waals surface area contributed by atoms with Crippen LogP contribution in [0.1, 0.15) is 51.5 Å². The molecule has 1 aromatic carbocycles. The van der Waals surface area contributed by atoms with Crippen LogP contribution in [0.25, 0.3) is 0 Å². The average molecular weight is 219 g/mol. The van der Waals surface area contributed by atoms with Gasteiger partial charge in [-0.25, -0.2) is 0 Å². The first-order valence-electron chi connectivity index (χ1n) is 6.52. The molecular weight excluding hydrogens is 194 g/mol. The van der Waals surface area contributed by atoms with Crippen molar-refractivity contribution in [3.8, 4) is 0 Å². The van der Waals surface area contributed by atoms with Crippen LogP contribution in [0.2, 0.25) is 0 Å². The van der Waals surface area contributed by atoms with Gasteiger partial charge in [-0.2, -0.15) is 0 Å². The Balaban J connectivity index is 2.31. The molecule has 0 spiro atoms. The standard InChI is InChI=1S/C15H25N/c1-4-5-11-16-14(3)12-13(2)15-9-7-6-8-10-15/h6-10,13-14,16H,4-5,11-12H2,1-3H3. The summed E-state index contributed by atoms with van der Waals surface area (Å²) in [6, 6.07) is 11.4. The minimum absolute atomic E-state index is 0.613. The van der Waals surface area contributed by atoms with E-state index in [1.165, 1.54) is 24.8 Å². The summed E-state index contributed by atoms with van der Waals surface area (Å²) in [5.74, 6) is 0.644. The van der Waals surface area contributed by atoms with Gasteiger partial charge in [0.1, 0.15) is 0 Å². The first-order valence-corrected chi connectivity index (χ1v) is 6.52. The van der Waals surface area contributed by atoms with Crippen molar-refractivity contribution in [1.82, 2.24) is 5.32 Å². The van der Waals surface area contributed by atoms with Gasteiger partial charge in [0.2, 0.25) is 0 Å². The largest absolute Gasteiger partial charge is 0.314 e. The highest BCUT2D eigenvalue weighted by atomic mass is 14.9. The summed E-state index contributed by atoms with van der Waals surface area (Å²) in [5, 5.41) is 3.58. The highest BCUT2D eigenvalue weighted by molar-refractivity contribution is 5.18. The SMILES string of the molecule is CCCCNC(C)CC(C)c1ccccc1. The van der Waals surface area contributed by atoms with Gasteiger partial charge in [0, 0.05) is 6.04 Å². The van der Waals surface area contributed by atoms with E-state index in [-0.39, 0.29) is 0 Å². The third-order valence-electron chi connectivity index (χ3n) is 3.10. The second kappa shape index (κ2) is 7.45. The molecule has 1 rings (SSSR count). The maximum Gasteiger partial charge on any atom is 0.00444 e. The third-order valence-corrected chi connectivity index (χ3v) is 3.10. The Morgan fingerprint density at radius 3 is 2.44 bits per heavy atom. The topological polar surface area (TPSA) is 12.0 Å². The summed E-state index contributed by atoms with van der Waals surface area (Å²) in [6.45, 7) is 7.99. The molecule has 0 saturated carbocycles. The van der Waals surface area contributed by atoms with E-state index in [9.17, 15) is 0 Å². The predicted molar refractivity (Wildman–Crippen MR) is 71.8 cm³/mol. The maximum absolute atomic E-state index is 3.58. The molecule has 0 aliphatic carbocycles. The van der Waals surface area contributed by atoms with Gasteiger partial charge in [0.15, 0.2) is 0 Å². The molecule has 1 nitrogen and oxygen atoms in total. The van der Waals surface area contributed by atoms with Crippen molar-refractivity contribution < 1.29 is 0 Å². The first kappa shape index (κ1) is 13.2. The summed E-state index contributed by atoms with van der Waals surface area (Å²) < 4.78 is 0. The van der Waals surface area contributed by atoms with Crippen molar-refractivity contribution in [2.45, 2.75) is 52.0 Å². The van der Waals surface area contributed by atoms with E-state index in [0.717, 1.165) is 6.54 Å². The molecule has 0 heterocycles. The lowest BCUT2D eigenvalue weighted by molar-refractivity contribution is 0.473. The van der Waals surface area contributed by atoms with Gasteiger partial charge in [-0.1, -0.05) is 50.6 Å². The highest BCUT2D eigenvalue weighted by Gasteiger charge is 2.09. The van der Waals surface area contributed by atoms with E-state index in [1.54, 1.807) is 0 Å². The fraction of sp³-hybridized carbons (Fsp3) is 0.600. The lowest BCUT2D eigenvalue weighted by atomic mass is 9.94. The summed E-state index contributed by atoms with van der Waals surface area (Å²) in [7, 11) is 0. The molecule has 0 saturated heterocycles. The minimum Gasteiger partial charge on any atom is -0.314 e. The lowest BCUT2D eigenvalue weighted by Crippen LogP contribution is -2.28. The molecule has 1 heteroatoms. The van der Waals surface area contributed by atoms with Crippen LogP contribution in [0.15, 0.2) is 30.3 Å². The van der Waals surface area contributed by atoms with Crippen LogP contribution in [-0.2, 0) is 0 Å². The third kappa shape index (κ3) is 4.80. The molecule has 1 N–H and O–H groups in total. The van der Waals surface area contributed by atoms with Crippen LogP contribution < -0.4 is 5.32 Å². The molecule has 0 fully saturated rings. The van der Waals surface area contributed by atoms with Crippen LogP contribution >= 0.6 is 0 Å². The van der Waals surface area contributed by atoms with Crippen molar-refractivity contribution in [3.63, 3.8) is 0 Å². The zero-order valence-corrected chi connectivity index (χ0v) is 10.9. The molecule has 0 aliphatic rings. The molecular formula is C15H25N. The van der Waals surface area contributed by atoms with Crippen LogP contribution in [0.4, 0.5) is 0 Å². The number of benzene rings is 1. The summed E-state index contributed by atoms with van der Waals surface area (Å²) >= 11 is 0. The van der Waals surface area contributed by atoms with Crippen molar-refractivity contribution in [2.24, 2.45) is 0 Å². The molecule has 0 aliphatic heterocycles. The fourth-order valence-electron chi connectivity index (χ4n) is 2.06. The van der Waals surface area contributed by atoms with Crippen LogP contribution in [-0.4, -0.2) is 12.6 Å². The van der Waals surface area contributed by atoms with Crippen molar-refractivity contribution in [2.75, 3.05) is 6.54 Å². The zero-order valence-electron chi connectivity index (χ0n) is 10.9. The molecule has 16 heavy (non-hydrogen) atoms. The second-order valence-corrected chi connectivity index (χ2v) is 4.76. The molecule has 1 aromatic rings. The quantitative estimate of drug-likeness (QED) is 0.684. The van der Waals surface area contributed by atoms with E-state index < -0.39 is 0 Å². The van der Waals surface area contributed by atoms with Crippen LogP contribution in [0.5, 0.6) is 0 Å². The molecule has 0 amide bonds. The second-order valence-electron chi connectivity index (χ2n) is 4.76. The van der Waals surface area contributed by atoms with E-state index in [0.29, 0.717) is 12.0 Å². The summed E-state index contributed by atoms with van der Waals surface area (Å²) in [6.07, 6.45) is 3.77.